The average molecular weight is 438 g/mol. The summed E-state index contributed by atoms with van der Waals surface area (Å²) in [5.74, 6) is -1.31. The van der Waals surface area contributed by atoms with Gasteiger partial charge in [0, 0.05) is 24.5 Å². The molecule has 3 aromatic rings. The molecule has 1 aromatic heterocycles. The number of hydrogen-bond donors (Lipinski definition) is 1. The predicted octanol–water partition coefficient (Wildman–Crippen LogP) is 2.99. The number of amides is 3. The van der Waals surface area contributed by atoms with E-state index in [2.05, 4.69) is 27.4 Å². The minimum Gasteiger partial charge on any atom is -0.324 e. The number of aromatic nitrogens is 2. The third kappa shape index (κ3) is 3.23. The van der Waals surface area contributed by atoms with E-state index in [1.54, 1.807) is 30.6 Å². The smallest absolute Gasteiger partial charge is 0.248 e. The van der Waals surface area contributed by atoms with Gasteiger partial charge in [0.1, 0.15) is 6.04 Å². The summed E-state index contributed by atoms with van der Waals surface area (Å²) in [6.45, 7) is 0. The van der Waals surface area contributed by atoms with Crippen molar-refractivity contribution in [2.45, 2.75) is 18.9 Å². The second-order valence-corrected chi connectivity index (χ2v) is 9.00. The van der Waals surface area contributed by atoms with Crippen molar-refractivity contribution >= 4 is 34.4 Å². The summed E-state index contributed by atoms with van der Waals surface area (Å²) < 4.78 is 0. The van der Waals surface area contributed by atoms with Gasteiger partial charge in [0.05, 0.1) is 22.9 Å². The van der Waals surface area contributed by atoms with Gasteiger partial charge in [0.15, 0.2) is 0 Å². The zero-order valence-electron chi connectivity index (χ0n) is 17.8. The van der Waals surface area contributed by atoms with Crippen LogP contribution in [0.4, 0.5) is 5.69 Å². The van der Waals surface area contributed by atoms with Crippen molar-refractivity contribution in [1.29, 1.82) is 0 Å². The Labute approximate surface area is 190 Å². The van der Waals surface area contributed by atoms with Gasteiger partial charge in [0.2, 0.25) is 17.7 Å². The lowest BCUT2D eigenvalue weighted by Gasteiger charge is -2.27. The SMILES string of the molecule is O=C(Nc1ccc2nccnc2c1)[C@@H](Cc1ccccc1)N1C(=O)[C@@H]2[C@H](C1=O)[C@H]1C=C[C@H]2C1. The first-order valence-corrected chi connectivity index (χ1v) is 11.2. The molecule has 2 fully saturated rings. The molecule has 33 heavy (non-hydrogen) atoms. The summed E-state index contributed by atoms with van der Waals surface area (Å²) >= 11 is 0. The molecule has 6 rings (SSSR count). The van der Waals surface area contributed by atoms with Gasteiger partial charge >= 0.3 is 0 Å². The zero-order valence-corrected chi connectivity index (χ0v) is 17.8. The van der Waals surface area contributed by atoms with E-state index < -0.39 is 6.04 Å². The van der Waals surface area contributed by atoms with Gasteiger partial charge in [-0.05, 0) is 42.0 Å². The summed E-state index contributed by atoms with van der Waals surface area (Å²) in [7, 11) is 0. The van der Waals surface area contributed by atoms with Gasteiger partial charge < -0.3 is 5.32 Å². The van der Waals surface area contributed by atoms with Crippen molar-refractivity contribution in [3.05, 3.63) is 78.6 Å². The van der Waals surface area contributed by atoms with Crippen LogP contribution in [0.2, 0.25) is 0 Å². The van der Waals surface area contributed by atoms with Crippen LogP contribution < -0.4 is 5.32 Å². The molecule has 0 spiro atoms. The molecule has 1 saturated carbocycles. The number of carbonyl (C=O) groups excluding carboxylic acids is 3. The Morgan fingerprint density at radius 1 is 0.939 bits per heavy atom. The molecular formula is C26H22N4O3. The fourth-order valence-corrected chi connectivity index (χ4v) is 5.64. The van der Waals surface area contributed by atoms with Gasteiger partial charge in [-0.25, -0.2) is 0 Å². The first-order chi connectivity index (χ1) is 16.1. The van der Waals surface area contributed by atoms with Crippen molar-refractivity contribution < 1.29 is 14.4 Å². The fourth-order valence-electron chi connectivity index (χ4n) is 5.64. The van der Waals surface area contributed by atoms with Crippen LogP contribution in [-0.4, -0.2) is 38.6 Å². The maximum atomic E-state index is 13.5. The molecule has 7 heteroatoms. The largest absolute Gasteiger partial charge is 0.324 e. The highest BCUT2D eigenvalue weighted by Gasteiger charge is 2.61. The van der Waals surface area contributed by atoms with E-state index in [4.69, 9.17) is 0 Å². The van der Waals surface area contributed by atoms with Crippen molar-refractivity contribution in [2.24, 2.45) is 23.7 Å². The lowest BCUT2D eigenvalue weighted by Crippen LogP contribution is -2.49. The van der Waals surface area contributed by atoms with Crippen LogP contribution in [0.5, 0.6) is 0 Å². The normalized spacial score (nSPS) is 26.1. The van der Waals surface area contributed by atoms with E-state index in [0.717, 1.165) is 17.5 Å². The Morgan fingerprint density at radius 2 is 1.61 bits per heavy atom. The quantitative estimate of drug-likeness (QED) is 0.488. The van der Waals surface area contributed by atoms with Crippen molar-refractivity contribution in [3.8, 4) is 0 Å². The molecule has 3 amide bonds. The Morgan fingerprint density at radius 3 is 2.30 bits per heavy atom. The molecule has 3 aliphatic rings. The van der Waals surface area contributed by atoms with Crippen LogP contribution >= 0.6 is 0 Å². The first-order valence-electron chi connectivity index (χ1n) is 11.2. The summed E-state index contributed by atoms with van der Waals surface area (Å²) in [6.07, 6.45) is 8.44. The molecule has 0 radical (unpaired) electrons. The number of anilines is 1. The molecule has 2 aliphatic carbocycles. The summed E-state index contributed by atoms with van der Waals surface area (Å²) in [5, 5.41) is 2.91. The maximum Gasteiger partial charge on any atom is 0.248 e. The minimum absolute atomic E-state index is 0.0981. The number of hydrogen-bond acceptors (Lipinski definition) is 5. The Balaban J connectivity index is 1.32. The van der Waals surface area contributed by atoms with E-state index in [9.17, 15) is 14.4 Å². The Bertz CT molecular complexity index is 1280. The molecule has 7 nitrogen and oxygen atoms in total. The number of likely N-dealkylation sites (tertiary alicyclic amines) is 1. The summed E-state index contributed by atoms with van der Waals surface area (Å²) in [4.78, 5) is 50.1. The van der Waals surface area contributed by atoms with Crippen LogP contribution in [0.3, 0.4) is 0 Å². The van der Waals surface area contributed by atoms with Crippen LogP contribution in [0, 0.1) is 23.7 Å². The van der Waals surface area contributed by atoms with Crippen LogP contribution in [0.1, 0.15) is 12.0 Å². The minimum atomic E-state index is -0.921. The molecule has 0 unspecified atom stereocenters. The molecule has 2 aromatic carbocycles. The van der Waals surface area contributed by atoms with E-state index in [0.29, 0.717) is 11.2 Å². The topological polar surface area (TPSA) is 92.3 Å². The highest BCUT2D eigenvalue weighted by Crippen LogP contribution is 2.53. The third-order valence-electron chi connectivity index (χ3n) is 7.13. The number of nitrogens with one attached hydrogen (secondary N) is 1. The maximum absolute atomic E-state index is 13.5. The van der Waals surface area contributed by atoms with Gasteiger partial charge in [-0.3, -0.25) is 29.3 Å². The van der Waals surface area contributed by atoms with Gasteiger partial charge in [0.25, 0.3) is 0 Å². The van der Waals surface area contributed by atoms with Gasteiger partial charge in [-0.2, -0.15) is 0 Å². The van der Waals surface area contributed by atoms with Crippen molar-refractivity contribution in [3.63, 3.8) is 0 Å². The van der Waals surface area contributed by atoms with Crippen molar-refractivity contribution in [2.75, 3.05) is 5.32 Å². The average Bonchev–Trinajstić information content (AvgIpc) is 3.52. The number of benzene rings is 2. The molecule has 1 N–H and O–H groups in total. The number of rotatable bonds is 5. The highest BCUT2D eigenvalue weighted by atomic mass is 16.2. The molecule has 164 valence electrons. The van der Waals surface area contributed by atoms with E-state index in [-0.39, 0.29) is 47.8 Å². The number of nitrogens with zero attached hydrogens (tertiary/aromatic N) is 3. The first kappa shape index (κ1) is 19.8. The van der Waals surface area contributed by atoms with Crippen LogP contribution in [-0.2, 0) is 20.8 Å². The second-order valence-electron chi connectivity index (χ2n) is 9.00. The Hall–Kier alpha value is -3.87. The standard InChI is InChI=1S/C26H22N4O3/c31-24(29-18-8-9-19-20(14-18)28-11-10-27-19)21(12-15-4-2-1-3-5-15)30-25(32)22-16-6-7-17(13-16)23(22)26(30)33/h1-11,14,16-17,21-23H,12-13H2,(H,29,31)/t16-,17-,21+,22-,23+/m0/s1. The van der Waals surface area contributed by atoms with Gasteiger partial charge in [-0.15, -0.1) is 0 Å². The predicted molar refractivity (Wildman–Crippen MR) is 122 cm³/mol. The number of allylic oxidation sites excluding steroid dienone is 2. The lowest BCUT2D eigenvalue weighted by atomic mass is 9.85. The zero-order chi connectivity index (χ0) is 22.5. The molecule has 5 atom stereocenters. The monoisotopic (exact) mass is 438 g/mol. The van der Waals surface area contributed by atoms with Crippen molar-refractivity contribution in [1.82, 2.24) is 14.9 Å². The highest BCUT2D eigenvalue weighted by molar-refractivity contribution is 6.11. The van der Waals surface area contributed by atoms with Crippen LogP contribution in [0.15, 0.2) is 73.1 Å². The van der Waals surface area contributed by atoms with Crippen LogP contribution in [0.25, 0.3) is 11.0 Å². The van der Waals surface area contributed by atoms with Gasteiger partial charge in [-0.1, -0.05) is 42.5 Å². The summed E-state index contributed by atoms with van der Waals surface area (Å²) in [5.41, 5.74) is 2.81. The lowest BCUT2D eigenvalue weighted by molar-refractivity contribution is -0.147. The third-order valence-corrected chi connectivity index (χ3v) is 7.13. The fraction of sp³-hybridized carbons (Fsp3) is 0.269. The number of imide groups is 1. The second kappa shape index (κ2) is 7.62. The number of fused-ring (bicyclic) bond motifs is 6. The number of carbonyl (C=O) groups is 3. The van der Waals surface area contributed by atoms with E-state index >= 15 is 0 Å². The molecular weight excluding hydrogens is 416 g/mol. The molecule has 1 saturated heterocycles. The van der Waals surface area contributed by atoms with E-state index in [1.165, 1.54) is 4.90 Å². The summed E-state index contributed by atoms with van der Waals surface area (Å²) in [6, 6.07) is 13.8. The molecule has 2 heterocycles. The molecule has 1 aliphatic heterocycles. The van der Waals surface area contributed by atoms with E-state index in [1.807, 2.05) is 30.3 Å². The molecule has 2 bridgehead atoms. The Kier molecular flexibility index (Phi) is 4.57.